The van der Waals surface area contributed by atoms with Gasteiger partial charge in [0.25, 0.3) is 5.91 Å². The van der Waals surface area contributed by atoms with Crippen LogP contribution in [0, 0.1) is 12.8 Å². The van der Waals surface area contributed by atoms with Gasteiger partial charge in [0.05, 0.1) is 17.3 Å². The third kappa shape index (κ3) is 5.46. The van der Waals surface area contributed by atoms with Gasteiger partial charge < -0.3 is 19.7 Å². The summed E-state index contributed by atoms with van der Waals surface area (Å²) in [6.45, 7) is 7.13. The van der Waals surface area contributed by atoms with Crippen LogP contribution in [-0.4, -0.2) is 44.2 Å². The second-order valence-electron chi connectivity index (χ2n) is 8.32. The van der Waals surface area contributed by atoms with Crippen molar-refractivity contribution in [2.75, 3.05) is 5.75 Å². The van der Waals surface area contributed by atoms with Gasteiger partial charge in [-0.25, -0.2) is 13.2 Å². The predicted molar refractivity (Wildman–Crippen MR) is 124 cm³/mol. The molecular weight excluding hydrogens is 445 g/mol. The number of rotatable bonds is 8. The van der Waals surface area contributed by atoms with Crippen molar-refractivity contribution in [3.8, 4) is 0 Å². The molecule has 0 saturated heterocycles. The average molecular weight is 473 g/mol. The number of esters is 1. The fourth-order valence-electron chi connectivity index (χ4n) is 3.67. The Morgan fingerprint density at radius 2 is 1.85 bits per heavy atom. The number of hydrogen-bond acceptors (Lipinski definition) is 7. The molecule has 1 aliphatic heterocycles. The Balaban J connectivity index is 1.68. The van der Waals surface area contributed by atoms with E-state index in [1.54, 1.807) is 52.0 Å². The number of carbonyl (C=O) groups excluding carboxylic acids is 2. The van der Waals surface area contributed by atoms with Crippen LogP contribution in [0.2, 0.25) is 0 Å². The summed E-state index contributed by atoms with van der Waals surface area (Å²) in [5.41, 5.74) is 3.00. The molecule has 2 aromatic carbocycles. The van der Waals surface area contributed by atoms with E-state index in [1.807, 2.05) is 0 Å². The molecule has 0 aliphatic carbocycles. The van der Waals surface area contributed by atoms with E-state index in [-0.39, 0.29) is 29.8 Å². The number of carbonyl (C=O) groups is 2. The van der Waals surface area contributed by atoms with Gasteiger partial charge in [0, 0.05) is 5.56 Å². The van der Waals surface area contributed by atoms with Crippen LogP contribution < -0.4 is 10.8 Å². The molecule has 0 spiro atoms. The second-order valence-corrected chi connectivity index (χ2v) is 10.6. The summed E-state index contributed by atoms with van der Waals surface area (Å²) < 4.78 is 34.5. The first-order chi connectivity index (χ1) is 15.5. The van der Waals surface area contributed by atoms with E-state index in [2.05, 4.69) is 5.32 Å². The maximum Gasteiger partial charge on any atom is 0.492 e. The van der Waals surface area contributed by atoms with E-state index in [9.17, 15) is 23.0 Å². The summed E-state index contributed by atoms with van der Waals surface area (Å²) in [6, 6.07) is 8.67. The molecule has 1 atom stereocenters. The molecule has 10 heteroatoms. The van der Waals surface area contributed by atoms with Crippen LogP contribution in [0.4, 0.5) is 0 Å². The largest absolute Gasteiger partial charge is 0.492 e. The smallest absolute Gasteiger partial charge is 0.459 e. The molecule has 0 saturated carbocycles. The van der Waals surface area contributed by atoms with Gasteiger partial charge in [-0.2, -0.15) is 0 Å². The van der Waals surface area contributed by atoms with Gasteiger partial charge in [-0.3, -0.25) is 4.79 Å². The maximum atomic E-state index is 12.9. The van der Waals surface area contributed by atoms with Crippen LogP contribution in [-0.2, 0) is 37.2 Å². The summed E-state index contributed by atoms with van der Waals surface area (Å²) in [6.07, 6.45) is 0. The SMILES string of the molecule is CCS(=O)(=O)c1ccc(COC(=O)[C@@H](NC(=O)c2ccc3c(c2C)B(O)OC3)C(C)C)cc1. The van der Waals surface area contributed by atoms with Crippen LogP contribution in [0.5, 0.6) is 0 Å². The van der Waals surface area contributed by atoms with E-state index in [0.717, 1.165) is 5.56 Å². The average Bonchev–Trinajstić information content (AvgIpc) is 3.17. The number of nitrogens with one attached hydrogen (secondary N) is 1. The standard InChI is InChI=1S/C23H28BNO7S/c1-5-33(29,30)18-9-6-16(7-10-18)12-31-23(27)21(14(2)3)25-22(26)19-11-8-17-13-32-24(28)20(17)15(19)4/h6-11,14,21,28H,5,12-13H2,1-4H3,(H,25,26)/t21-/m0/s1. The molecule has 0 radical (unpaired) electrons. The van der Waals surface area contributed by atoms with E-state index in [1.165, 1.54) is 12.1 Å². The first-order valence-electron chi connectivity index (χ1n) is 10.8. The van der Waals surface area contributed by atoms with Crippen LogP contribution in [0.25, 0.3) is 0 Å². The van der Waals surface area contributed by atoms with Crippen molar-refractivity contribution in [1.29, 1.82) is 0 Å². The zero-order valence-electron chi connectivity index (χ0n) is 19.1. The summed E-state index contributed by atoms with van der Waals surface area (Å²) in [5, 5.41) is 12.8. The summed E-state index contributed by atoms with van der Waals surface area (Å²) in [7, 11) is -4.37. The van der Waals surface area contributed by atoms with Gasteiger partial charge in [0.2, 0.25) is 0 Å². The zero-order valence-corrected chi connectivity index (χ0v) is 19.9. The molecular formula is C23H28BNO7S. The third-order valence-corrected chi connectivity index (χ3v) is 7.49. The lowest BCUT2D eigenvalue weighted by atomic mass is 9.75. The van der Waals surface area contributed by atoms with Crippen molar-refractivity contribution in [3.63, 3.8) is 0 Å². The number of sulfone groups is 1. The maximum absolute atomic E-state index is 12.9. The van der Waals surface area contributed by atoms with Crippen LogP contribution in [0.15, 0.2) is 41.3 Å². The van der Waals surface area contributed by atoms with E-state index in [0.29, 0.717) is 22.2 Å². The molecule has 176 valence electrons. The van der Waals surface area contributed by atoms with Gasteiger partial charge in [-0.15, -0.1) is 0 Å². The number of ether oxygens (including phenoxy) is 1. The number of fused-ring (bicyclic) bond motifs is 1. The molecule has 1 heterocycles. The summed E-state index contributed by atoms with van der Waals surface area (Å²) >= 11 is 0. The highest BCUT2D eigenvalue weighted by Crippen LogP contribution is 2.18. The zero-order chi connectivity index (χ0) is 24.3. The molecule has 2 aromatic rings. The minimum atomic E-state index is -3.30. The Hall–Kier alpha value is -2.69. The van der Waals surface area contributed by atoms with Crippen LogP contribution >= 0.6 is 0 Å². The normalized spacial score (nSPS) is 14.2. The minimum absolute atomic E-state index is 0.00672. The highest BCUT2D eigenvalue weighted by atomic mass is 32.2. The summed E-state index contributed by atoms with van der Waals surface area (Å²) in [4.78, 5) is 25.9. The lowest BCUT2D eigenvalue weighted by molar-refractivity contribution is -0.148. The van der Waals surface area contributed by atoms with Crippen molar-refractivity contribution >= 4 is 34.3 Å². The number of amides is 1. The van der Waals surface area contributed by atoms with E-state index >= 15 is 0 Å². The molecule has 0 unspecified atom stereocenters. The number of benzene rings is 2. The quantitative estimate of drug-likeness (QED) is 0.441. The topological polar surface area (TPSA) is 119 Å². The highest BCUT2D eigenvalue weighted by Gasteiger charge is 2.32. The van der Waals surface area contributed by atoms with E-state index in [4.69, 9.17) is 9.39 Å². The van der Waals surface area contributed by atoms with Gasteiger partial charge in [-0.05, 0) is 53.2 Å². The second kappa shape index (κ2) is 10.1. The molecule has 0 fully saturated rings. The van der Waals surface area contributed by atoms with E-state index < -0.39 is 34.9 Å². The molecule has 33 heavy (non-hydrogen) atoms. The van der Waals surface area contributed by atoms with Crippen LogP contribution in [0.3, 0.4) is 0 Å². The Labute approximate surface area is 194 Å². The Morgan fingerprint density at radius 1 is 1.18 bits per heavy atom. The van der Waals surface area contributed by atoms with Gasteiger partial charge in [0.1, 0.15) is 12.6 Å². The molecule has 3 rings (SSSR count). The monoisotopic (exact) mass is 473 g/mol. The first-order valence-corrected chi connectivity index (χ1v) is 12.4. The van der Waals surface area contributed by atoms with Crippen LogP contribution in [0.1, 0.15) is 47.8 Å². The number of hydrogen-bond donors (Lipinski definition) is 2. The molecule has 1 amide bonds. The minimum Gasteiger partial charge on any atom is -0.459 e. The van der Waals surface area contributed by atoms with Crippen molar-refractivity contribution in [2.45, 2.75) is 51.8 Å². The van der Waals surface area contributed by atoms with Crippen molar-refractivity contribution in [3.05, 3.63) is 58.7 Å². The molecule has 0 bridgehead atoms. The Morgan fingerprint density at radius 3 is 2.45 bits per heavy atom. The fourth-order valence-corrected chi connectivity index (χ4v) is 4.56. The Kier molecular flexibility index (Phi) is 7.61. The fraction of sp³-hybridized carbons (Fsp3) is 0.391. The lowest BCUT2D eigenvalue weighted by Gasteiger charge is -2.22. The first kappa shape index (κ1) is 24.9. The van der Waals surface area contributed by atoms with Crippen molar-refractivity contribution in [1.82, 2.24) is 5.32 Å². The van der Waals surface area contributed by atoms with Gasteiger partial charge >= 0.3 is 13.1 Å². The third-order valence-electron chi connectivity index (χ3n) is 5.74. The summed E-state index contributed by atoms with van der Waals surface area (Å²) in [5.74, 6) is -1.26. The highest BCUT2D eigenvalue weighted by molar-refractivity contribution is 7.91. The molecule has 0 aromatic heterocycles. The van der Waals surface area contributed by atoms with Crippen molar-refractivity contribution in [2.24, 2.45) is 5.92 Å². The predicted octanol–water partition coefficient (Wildman–Crippen LogP) is 1.50. The molecule has 8 nitrogen and oxygen atoms in total. The Bertz CT molecular complexity index is 1150. The van der Waals surface area contributed by atoms with Gasteiger partial charge in [0.15, 0.2) is 9.84 Å². The molecule has 1 aliphatic rings. The van der Waals surface area contributed by atoms with Crippen molar-refractivity contribution < 1.29 is 32.4 Å². The molecule has 2 N–H and O–H groups in total. The lowest BCUT2D eigenvalue weighted by Crippen LogP contribution is -2.46. The van der Waals surface area contributed by atoms with Gasteiger partial charge in [-0.1, -0.05) is 39.0 Å².